The van der Waals surface area contributed by atoms with Gasteiger partial charge in [-0.15, -0.1) is 0 Å². The molecule has 0 unspecified atom stereocenters. The number of hydrogen-bond acceptors (Lipinski definition) is 6. The predicted octanol–water partition coefficient (Wildman–Crippen LogP) is 1.03. The molecule has 1 saturated heterocycles. The molecule has 1 aliphatic heterocycles. The number of rotatable bonds is 9. The molecule has 0 atom stereocenters. The van der Waals surface area contributed by atoms with E-state index in [1.54, 1.807) is 39.0 Å². The van der Waals surface area contributed by atoms with Crippen molar-refractivity contribution in [2.24, 2.45) is 0 Å². The minimum atomic E-state index is -1.01. The molecule has 1 fully saturated rings. The van der Waals surface area contributed by atoms with Crippen LogP contribution in [0.4, 0.5) is 10.5 Å². The van der Waals surface area contributed by atoms with Crippen LogP contribution in [0.1, 0.15) is 44.0 Å². The molecule has 0 bridgehead atoms. The van der Waals surface area contributed by atoms with Crippen LogP contribution in [0.3, 0.4) is 0 Å². The Labute approximate surface area is 174 Å². The maximum atomic E-state index is 12.5. The van der Waals surface area contributed by atoms with Crippen molar-refractivity contribution in [3.63, 3.8) is 0 Å². The molecule has 2 rings (SSSR count). The quantitative estimate of drug-likeness (QED) is 0.405. The summed E-state index contributed by atoms with van der Waals surface area (Å²) >= 11 is 0. The molecule has 0 spiro atoms. The van der Waals surface area contributed by atoms with Gasteiger partial charge in [0.05, 0.1) is 0 Å². The number of esters is 1. The molecule has 30 heavy (non-hydrogen) atoms. The normalized spacial score (nSPS) is 14.8. The Morgan fingerprint density at radius 2 is 1.83 bits per heavy atom. The van der Waals surface area contributed by atoms with E-state index in [-0.39, 0.29) is 5.91 Å². The second-order valence-electron chi connectivity index (χ2n) is 6.76. The van der Waals surface area contributed by atoms with Crippen LogP contribution >= 0.6 is 0 Å². The molecule has 1 aromatic rings. The van der Waals surface area contributed by atoms with Crippen molar-refractivity contribution in [1.29, 1.82) is 0 Å². The van der Waals surface area contributed by atoms with E-state index in [2.05, 4.69) is 16.0 Å². The predicted molar refractivity (Wildman–Crippen MR) is 108 cm³/mol. The molecule has 1 heterocycles. The third-order valence-corrected chi connectivity index (χ3v) is 4.85. The first-order valence-electron chi connectivity index (χ1n) is 9.74. The third kappa shape index (κ3) is 5.13. The highest BCUT2D eigenvalue weighted by Crippen LogP contribution is 2.24. The standard InChI is InChI=1S/C20H26N4O6/c1-4-20(5-2)18(28)24(19(29)23-20)11-16(26)30-12-15(25)22-14-9-7-8-13(10-14)17(27)21-6-3/h7-10H,4-6,11-12H2,1-3H3,(H,21,27)(H,22,25)(H,23,29). The van der Waals surface area contributed by atoms with Gasteiger partial charge in [0.2, 0.25) is 0 Å². The monoisotopic (exact) mass is 418 g/mol. The molecule has 0 radical (unpaired) electrons. The van der Waals surface area contributed by atoms with Gasteiger partial charge in [-0.25, -0.2) is 4.79 Å². The zero-order valence-electron chi connectivity index (χ0n) is 17.2. The molecule has 5 amide bonds. The Morgan fingerprint density at radius 1 is 1.13 bits per heavy atom. The molecule has 3 N–H and O–H groups in total. The Hall–Kier alpha value is -3.43. The van der Waals surface area contributed by atoms with E-state index in [4.69, 9.17) is 4.74 Å². The minimum absolute atomic E-state index is 0.274. The third-order valence-electron chi connectivity index (χ3n) is 4.85. The van der Waals surface area contributed by atoms with Gasteiger partial charge in [0.15, 0.2) is 6.61 Å². The number of nitrogens with one attached hydrogen (secondary N) is 3. The number of imide groups is 1. The first-order valence-corrected chi connectivity index (χ1v) is 9.74. The Bertz CT molecular complexity index is 849. The highest BCUT2D eigenvalue weighted by Gasteiger charge is 2.49. The van der Waals surface area contributed by atoms with Crippen LogP contribution in [-0.4, -0.2) is 59.9 Å². The summed E-state index contributed by atoms with van der Waals surface area (Å²) in [6.45, 7) is 4.64. The fraction of sp³-hybridized carbons (Fsp3) is 0.450. The van der Waals surface area contributed by atoms with Crippen molar-refractivity contribution in [3.8, 4) is 0 Å². The first kappa shape index (κ1) is 22.9. The number of hydrogen-bond donors (Lipinski definition) is 3. The van der Waals surface area contributed by atoms with E-state index in [1.807, 2.05) is 0 Å². The SMILES string of the molecule is CCNC(=O)c1cccc(NC(=O)COC(=O)CN2C(=O)NC(CC)(CC)C2=O)c1. The zero-order valence-corrected chi connectivity index (χ0v) is 17.2. The molecular weight excluding hydrogens is 392 g/mol. The number of benzene rings is 1. The van der Waals surface area contributed by atoms with Gasteiger partial charge in [0.25, 0.3) is 17.7 Å². The number of ether oxygens (including phenoxy) is 1. The van der Waals surface area contributed by atoms with Crippen LogP contribution in [0, 0.1) is 0 Å². The summed E-state index contributed by atoms with van der Waals surface area (Å²) in [5.41, 5.74) is -0.269. The van der Waals surface area contributed by atoms with Crippen LogP contribution in [0.15, 0.2) is 24.3 Å². The number of urea groups is 1. The molecule has 1 aliphatic rings. The molecule has 10 nitrogen and oxygen atoms in total. The molecule has 1 aromatic carbocycles. The maximum absolute atomic E-state index is 12.5. The van der Waals surface area contributed by atoms with Gasteiger partial charge in [-0.2, -0.15) is 0 Å². The van der Waals surface area contributed by atoms with Crippen molar-refractivity contribution in [3.05, 3.63) is 29.8 Å². The fourth-order valence-corrected chi connectivity index (χ4v) is 3.07. The lowest BCUT2D eigenvalue weighted by Crippen LogP contribution is -2.46. The van der Waals surface area contributed by atoms with Crippen LogP contribution in [0.5, 0.6) is 0 Å². The van der Waals surface area contributed by atoms with Gasteiger partial charge in [0, 0.05) is 17.8 Å². The van der Waals surface area contributed by atoms with Gasteiger partial charge >= 0.3 is 12.0 Å². The highest BCUT2D eigenvalue weighted by molar-refractivity contribution is 6.08. The Kier molecular flexibility index (Phi) is 7.51. The molecule has 0 aromatic heterocycles. The van der Waals surface area contributed by atoms with Crippen LogP contribution in [-0.2, 0) is 19.1 Å². The lowest BCUT2D eigenvalue weighted by atomic mass is 9.93. The summed E-state index contributed by atoms with van der Waals surface area (Å²) in [5.74, 6) is -2.26. The van der Waals surface area contributed by atoms with Crippen molar-refractivity contribution in [2.75, 3.05) is 25.0 Å². The van der Waals surface area contributed by atoms with E-state index in [0.717, 1.165) is 4.90 Å². The lowest BCUT2D eigenvalue weighted by Gasteiger charge is -2.22. The summed E-state index contributed by atoms with van der Waals surface area (Å²) in [6, 6.07) is 5.63. The zero-order chi connectivity index (χ0) is 22.3. The summed E-state index contributed by atoms with van der Waals surface area (Å²) in [4.78, 5) is 61.2. The van der Waals surface area contributed by atoms with Crippen molar-refractivity contribution in [1.82, 2.24) is 15.5 Å². The van der Waals surface area contributed by atoms with E-state index >= 15 is 0 Å². The average molecular weight is 418 g/mol. The molecule has 0 aliphatic carbocycles. The lowest BCUT2D eigenvalue weighted by molar-refractivity contribution is -0.150. The number of anilines is 1. The Morgan fingerprint density at radius 3 is 2.43 bits per heavy atom. The smallest absolute Gasteiger partial charge is 0.326 e. The van der Waals surface area contributed by atoms with Crippen LogP contribution in [0.2, 0.25) is 0 Å². The van der Waals surface area contributed by atoms with Crippen molar-refractivity contribution < 1.29 is 28.7 Å². The number of carbonyl (C=O) groups excluding carboxylic acids is 5. The van der Waals surface area contributed by atoms with Gasteiger partial charge < -0.3 is 20.7 Å². The average Bonchev–Trinajstić information content (AvgIpc) is 2.97. The number of amides is 5. The van der Waals surface area contributed by atoms with Gasteiger partial charge in [0.1, 0.15) is 12.1 Å². The van der Waals surface area contributed by atoms with Gasteiger partial charge in [-0.1, -0.05) is 19.9 Å². The van der Waals surface area contributed by atoms with E-state index in [9.17, 15) is 24.0 Å². The minimum Gasteiger partial charge on any atom is -0.454 e. The van der Waals surface area contributed by atoms with Crippen LogP contribution in [0.25, 0.3) is 0 Å². The van der Waals surface area contributed by atoms with Gasteiger partial charge in [-0.3, -0.25) is 24.1 Å². The summed E-state index contributed by atoms with van der Waals surface area (Å²) < 4.78 is 4.88. The molecule has 10 heteroatoms. The maximum Gasteiger partial charge on any atom is 0.326 e. The van der Waals surface area contributed by atoms with E-state index in [1.165, 1.54) is 6.07 Å². The fourth-order valence-electron chi connectivity index (χ4n) is 3.07. The largest absolute Gasteiger partial charge is 0.454 e. The first-order chi connectivity index (χ1) is 14.3. The Balaban J connectivity index is 1.87. The second kappa shape index (κ2) is 9.86. The number of carbonyl (C=O) groups is 5. The number of nitrogens with zero attached hydrogens (tertiary/aromatic N) is 1. The molecule has 0 saturated carbocycles. The van der Waals surface area contributed by atoms with Gasteiger partial charge in [-0.05, 0) is 38.0 Å². The molecular formula is C20H26N4O6. The second-order valence-corrected chi connectivity index (χ2v) is 6.76. The highest BCUT2D eigenvalue weighted by atomic mass is 16.5. The van der Waals surface area contributed by atoms with Crippen LogP contribution < -0.4 is 16.0 Å². The summed E-state index contributed by atoms with van der Waals surface area (Å²) in [7, 11) is 0. The summed E-state index contributed by atoms with van der Waals surface area (Å²) in [6.07, 6.45) is 0.800. The van der Waals surface area contributed by atoms with Crippen molar-refractivity contribution >= 4 is 35.4 Å². The molecule has 162 valence electrons. The van der Waals surface area contributed by atoms with E-state index < -0.39 is 42.5 Å². The summed E-state index contributed by atoms with van der Waals surface area (Å²) in [5, 5.41) is 7.78. The topological polar surface area (TPSA) is 134 Å². The van der Waals surface area contributed by atoms with E-state index in [0.29, 0.717) is 30.6 Å². The van der Waals surface area contributed by atoms with Crippen molar-refractivity contribution in [2.45, 2.75) is 39.2 Å².